The Labute approximate surface area is 277 Å². The lowest BCUT2D eigenvalue weighted by atomic mass is 9.80. The molecule has 0 saturated carbocycles. The van der Waals surface area contributed by atoms with Gasteiger partial charge in [0.25, 0.3) is 11.8 Å². The third-order valence-corrected chi connectivity index (χ3v) is 8.75. The summed E-state index contributed by atoms with van der Waals surface area (Å²) in [4.78, 5) is 39.3. The summed E-state index contributed by atoms with van der Waals surface area (Å²) in [5, 5.41) is 17.8. The summed E-state index contributed by atoms with van der Waals surface area (Å²) in [5.41, 5.74) is -0.372. The number of nitriles is 1. The number of hydroxylamine groups is 2. The lowest BCUT2D eigenvalue weighted by Crippen LogP contribution is -2.55. The van der Waals surface area contributed by atoms with Crippen LogP contribution in [-0.4, -0.2) is 51.2 Å². The van der Waals surface area contributed by atoms with Gasteiger partial charge in [0.1, 0.15) is 23.7 Å². The molecule has 1 aliphatic rings. The first-order chi connectivity index (χ1) is 23.2. The van der Waals surface area contributed by atoms with Gasteiger partial charge in [-0.1, -0.05) is 36.4 Å². The van der Waals surface area contributed by atoms with Crippen LogP contribution in [0.5, 0.6) is 0 Å². The van der Waals surface area contributed by atoms with Gasteiger partial charge in [-0.3, -0.25) is 19.0 Å². The fourth-order valence-corrected chi connectivity index (χ4v) is 6.07. The zero-order valence-corrected chi connectivity index (χ0v) is 27.0. The van der Waals surface area contributed by atoms with Gasteiger partial charge in [-0.2, -0.15) is 33.2 Å². The van der Waals surface area contributed by atoms with E-state index in [1.54, 1.807) is 43.4 Å². The van der Waals surface area contributed by atoms with E-state index in [9.17, 15) is 41.9 Å². The monoisotopic (exact) mass is 700 g/mol. The van der Waals surface area contributed by atoms with Gasteiger partial charge in [-0.15, -0.1) is 0 Å². The molecule has 5 rings (SSSR count). The number of amides is 2. The van der Waals surface area contributed by atoms with E-state index in [2.05, 4.69) is 9.84 Å². The van der Waals surface area contributed by atoms with Crippen LogP contribution in [0.1, 0.15) is 58.5 Å². The van der Waals surface area contributed by atoms with Crippen LogP contribution in [0.3, 0.4) is 0 Å². The van der Waals surface area contributed by atoms with E-state index in [0.29, 0.717) is 22.4 Å². The number of phosphoric ester groups is 1. The highest BCUT2D eigenvalue weighted by atomic mass is 31.2. The number of nitrogens with zero attached hydrogens (tertiary/aromatic N) is 5. The highest BCUT2D eigenvalue weighted by Crippen LogP contribution is 2.49. The summed E-state index contributed by atoms with van der Waals surface area (Å²) < 4.78 is 78.0. The van der Waals surface area contributed by atoms with E-state index in [4.69, 9.17) is 9.72 Å². The van der Waals surface area contributed by atoms with Crippen LogP contribution in [0, 0.1) is 17.3 Å². The second-order valence-corrected chi connectivity index (χ2v) is 12.3. The number of carbonyl (C=O) groups is 2. The Balaban J connectivity index is 1.75. The zero-order chi connectivity index (χ0) is 35.7. The van der Waals surface area contributed by atoms with Gasteiger partial charge in [-0.25, -0.2) is 13.6 Å². The van der Waals surface area contributed by atoms with Crippen LogP contribution in [-0.2, 0) is 24.7 Å². The maximum Gasteiger partial charge on any atom is 0.494 e. The first kappa shape index (κ1) is 35.2. The zero-order valence-electron chi connectivity index (χ0n) is 26.1. The Morgan fingerprint density at radius 2 is 1.82 bits per heavy atom. The average molecular weight is 701 g/mol. The normalized spacial score (nSPS) is 17.9. The summed E-state index contributed by atoms with van der Waals surface area (Å²) in [5.74, 6) is -3.23. The van der Waals surface area contributed by atoms with Crippen molar-refractivity contribution in [3.63, 3.8) is 0 Å². The number of phosphoric acid groups is 1. The molecule has 2 amide bonds. The summed E-state index contributed by atoms with van der Waals surface area (Å²) in [6, 6.07) is 14.6. The van der Waals surface area contributed by atoms with Crippen LogP contribution in [0.2, 0.25) is 0 Å². The number of anilines is 1. The van der Waals surface area contributed by atoms with Crippen molar-refractivity contribution >= 4 is 25.5 Å². The number of alkyl halides is 3. The molecule has 1 unspecified atom stereocenters. The highest BCUT2D eigenvalue weighted by Gasteiger charge is 2.48. The Kier molecular flexibility index (Phi) is 9.93. The van der Waals surface area contributed by atoms with E-state index < -0.39 is 55.2 Å². The third kappa shape index (κ3) is 7.06. The SMILES string of the molecule is CCN1C(=O)[C@@H](NC(=O)c2cccc(C(F)(F)F)c2)[C@@H](c2ccc(F)cc2)c2c([C@@H](C)N(C#N)OP(=O)(O)OC)nn(-c3ccccc3)c21. The number of fused-ring (bicyclic) bond motifs is 1. The van der Waals surface area contributed by atoms with Crippen LogP contribution < -0.4 is 10.2 Å². The molecule has 1 aliphatic heterocycles. The van der Waals surface area contributed by atoms with E-state index in [1.807, 2.05) is 0 Å². The Bertz CT molecular complexity index is 1950. The number of halogens is 4. The van der Waals surface area contributed by atoms with E-state index in [-0.39, 0.29) is 29.2 Å². The Morgan fingerprint density at radius 3 is 2.41 bits per heavy atom. The van der Waals surface area contributed by atoms with Gasteiger partial charge in [0.15, 0.2) is 0 Å². The summed E-state index contributed by atoms with van der Waals surface area (Å²) in [6.07, 6.45) is -3.06. The summed E-state index contributed by atoms with van der Waals surface area (Å²) in [6.45, 7) is 3.11. The first-order valence-electron chi connectivity index (χ1n) is 14.7. The van der Waals surface area contributed by atoms with Gasteiger partial charge in [0.05, 0.1) is 16.9 Å². The fourth-order valence-electron chi connectivity index (χ4n) is 5.61. The molecule has 2 heterocycles. The number of hydrogen-bond acceptors (Lipinski definition) is 8. The van der Waals surface area contributed by atoms with E-state index in [0.717, 1.165) is 31.4 Å². The molecule has 0 saturated heterocycles. The molecule has 4 atom stereocenters. The lowest BCUT2D eigenvalue weighted by molar-refractivity contribution is -0.137. The number of para-hydroxylation sites is 1. The molecule has 12 nitrogen and oxygen atoms in total. The molecule has 0 aliphatic carbocycles. The number of rotatable bonds is 10. The van der Waals surface area contributed by atoms with Crippen LogP contribution in [0.15, 0.2) is 78.9 Å². The molecule has 4 aromatic rings. The predicted octanol–water partition coefficient (Wildman–Crippen LogP) is 5.85. The second kappa shape index (κ2) is 13.8. The molecule has 0 spiro atoms. The summed E-state index contributed by atoms with van der Waals surface area (Å²) >= 11 is 0. The third-order valence-electron chi connectivity index (χ3n) is 7.91. The molecule has 0 bridgehead atoms. The van der Waals surface area contributed by atoms with Crippen LogP contribution >= 0.6 is 7.82 Å². The predicted molar refractivity (Wildman–Crippen MR) is 166 cm³/mol. The number of hydrogen-bond donors (Lipinski definition) is 2. The minimum absolute atomic E-state index is 0.0260. The van der Waals surface area contributed by atoms with Crippen molar-refractivity contribution in [3.05, 3.63) is 113 Å². The Morgan fingerprint density at radius 1 is 1.14 bits per heavy atom. The largest absolute Gasteiger partial charge is 0.494 e. The number of carbonyl (C=O) groups excluding carboxylic acids is 2. The van der Waals surface area contributed by atoms with Crippen molar-refractivity contribution in [2.24, 2.45) is 0 Å². The van der Waals surface area contributed by atoms with Gasteiger partial charge >= 0.3 is 14.0 Å². The number of nitrogens with one attached hydrogen (secondary N) is 1. The molecule has 1 aromatic heterocycles. The van der Waals surface area contributed by atoms with Crippen LogP contribution in [0.25, 0.3) is 5.69 Å². The van der Waals surface area contributed by atoms with Crippen molar-refractivity contribution in [1.29, 1.82) is 5.26 Å². The molecule has 17 heteroatoms. The molecule has 3 aromatic carbocycles. The quantitative estimate of drug-likeness (QED) is 0.0683. The molecule has 0 radical (unpaired) electrons. The maximum atomic E-state index is 14.4. The standard InChI is InChI=1S/C32H29F4N6O6P/c1-4-40-30-26(27(39-42(30)24-11-6-5-7-12-24)19(2)41(18-37)48-49(45,46)47-3)25(20-13-15-23(33)16-14-20)28(31(40)44)38-29(43)21-9-8-10-22(17-21)32(34,35)36/h5-17,19,25,28H,4H2,1-3H3,(H,38,43)(H,45,46)/t19-,25+,28+/m1/s1. The first-order valence-corrected chi connectivity index (χ1v) is 16.2. The van der Waals surface area contributed by atoms with Crippen LogP contribution in [0.4, 0.5) is 23.4 Å². The number of likely N-dealkylation sites (N-methyl/N-ethyl adjacent to an activating group) is 1. The molecular weight excluding hydrogens is 671 g/mol. The van der Waals surface area contributed by atoms with Gasteiger partial charge in [0, 0.05) is 30.7 Å². The number of aromatic nitrogens is 2. The van der Waals surface area contributed by atoms with Gasteiger partial charge in [0.2, 0.25) is 6.19 Å². The van der Waals surface area contributed by atoms with Crippen molar-refractivity contribution in [2.75, 3.05) is 18.6 Å². The van der Waals surface area contributed by atoms with E-state index in [1.165, 1.54) is 34.7 Å². The van der Waals surface area contributed by atoms with Crippen molar-refractivity contribution < 1.29 is 45.8 Å². The maximum absolute atomic E-state index is 14.4. The minimum Gasteiger partial charge on any atom is -0.339 e. The second-order valence-electron chi connectivity index (χ2n) is 10.8. The Hall–Kier alpha value is -5.07. The van der Waals surface area contributed by atoms with Gasteiger partial charge < -0.3 is 10.2 Å². The molecule has 2 N–H and O–H groups in total. The molecular formula is C32H29F4N6O6P. The minimum atomic E-state index is -4.76. The van der Waals surface area contributed by atoms with Crippen molar-refractivity contribution in [1.82, 2.24) is 20.2 Å². The molecule has 49 heavy (non-hydrogen) atoms. The highest BCUT2D eigenvalue weighted by molar-refractivity contribution is 7.47. The smallest absolute Gasteiger partial charge is 0.339 e. The molecule has 256 valence electrons. The van der Waals surface area contributed by atoms with Gasteiger partial charge in [-0.05, 0) is 61.9 Å². The van der Waals surface area contributed by atoms with Crippen molar-refractivity contribution in [3.8, 4) is 11.9 Å². The van der Waals surface area contributed by atoms with E-state index >= 15 is 0 Å². The topological polar surface area (TPSA) is 150 Å². The lowest BCUT2D eigenvalue weighted by Gasteiger charge is -2.39. The number of benzene rings is 3. The van der Waals surface area contributed by atoms with Crippen molar-refractivity contribution in [2.45, 2.75) is 38.0 Å². The summed E-state index contributed by atoms with van der Waals surface area (Å²) in [7, 11) is -3.86. The molecule has 0 fully saturated rings. The fraction of sp³-hybridized carbons (Fsp3) is 0.250. The average Bonchev–Trinajstić information content (AvgIpc) is 3.47.